The van der Waals surface area contributed by atoms with Crippen molar-refractivity contribution < 1.29 is 47.8 Å². The molecular formula is C37H51N7O10. The van der Waals surface area contributed by atoms with Gasteiger partial charge in [0.25, 0.3) is 11.8 Å². The van der Waals surface area contributed by atoms with E-state index in [0.29, 0.717) is 25.1 Å². The maximum Gasteiger partial charge on any atom is 0.527 e. The zero-order valence-corrected chi connectivity index (χ0v) is 31.0. The Labute approximate surface area is 314 Å². The van der Waals surface area contributed by atoms with Crippen LogP contribution in [0, 0.1) is 0 Å². The molecule has 1 aliphatic carbocycles. The van der Waals surface area contributed by atoms with Gasteiger partial charge in [0.15, 0.2) is 12.3 Å². The lowest BCUT2D eigenvalue weighted by Gasteiger charge is -2.35. The van der Waals surface area contributed by atoms with E-state index in [1.807, 2.05) is 13.0 Å². The quantitative estimate of drug-likeness (QED) is 0.178. The maximum absolute atomic E-state index is 13.8. The van der Waals surface area contributed by atoms with E-state index in [0.717, 1.165) is 32.1 Å². The molecule has 2 atom stereocenters. The van der Waals surface area contributed by atoms with E-state index < -0.39 is 36.0 Å². The number of nitrogens with one attached hydrogen (secondary N) is 2. The summed E-state index contributed by atoms with van der Waals surface area (Å²) < 4.78 is 17.5. The molecule has 2 saturated heterocycles. The molecule has 3 heterocycles. The molecular weight excluding hydrogens is 702 g/mol. The first kappa shape index (κ1) is 40.0. The predicted molar refractivity (Wildman–Crippen MR) is 192 cm³/mol. The Morgan fingerprint density at radius 2 is 1.69 bits per heavy atom. The molecule has 1 aromatic carbocycles. The van der Waals surface area contributed by atoms with Crippen molar-refractivity contribution >= 4 is 35.8 Å². The van der Waals surface area contributed by atoms with Crippen molar-refractivity contribution in [2.75, 3.05) is 52.5 Å². The minimum absolute atomic E-state index is 0.0353. The van der Waals surface area contributed by atoms with E-state index in [9.17, 15) is 28.8 Å². The Kier molecular flexibility index (Phi) is 14.6. The molecule has 17 heteroatoms. The van der Waals surface area contributed by atoms with Gasteiger partial charge in [0.2, 0.25) is 17.7 Å². The molecule has 5 rings (SSSR count). The zero-order valence-electron chi connectivity index (χ0n) is 31.0. The van der Waals surface area contributed by atoms with E-state index in [2.05, 4.69) is 15.7 Å². The van der Waals surface area contributed by atoms with Crippen LogP contribution in [0.2, 0.25) is 0 Å². The summed E-state index contributed by atoms with van der Waals surface area (Å²) in [4.78, 5) is 86.4. The van der Waals surface area contributed by atoms with Gasteiger partial charge in [0.1, 0.15) is 12.1 Å². The fourth-order valence-corrected chi connectivity index (χ4v) is 6.37. The smallest absolute Gasteiger partial charge is 0.467 e. The molecule has 1 saturated carbocycles. The Morgan fingerprint density at radius 3 is 2.37 bits per heavy atom. The number of esters is 1. The molecule has 3 fully saturated rings. The minimum Gasteiger partial charge on any atom is -0.467 e. The van der Waals surface area contributed by atoms with Crippen LogP contribution in [0.1, 0.15) is 82.1 Å². The fourth-order valence-electron chi connectivity index (χ4n) is 6.37. The first-order chi connectivity index (χ1) is 26.2. The summed E-state index contributed by atoms with van der Waals surface area (Å²) in [6.07, 6.45) is 4.87. The molecule has 54 heavy (non-hydrogen) atoms. The number of carbonyl (C=O) groups is 6. The van der Waals surface area contributed by atoms with Gasteiger partial charge in [-0.25, -0.2) is 9.48 Å². The molecule has 0 bridgehead atoms. The minimum atomic E-state index is -1.11. The predicted octanol–water partition coefficient (Wildman–Crippen LogP) is 2.37. The summed E-state index contributed by atoms with van der Waals surface area (Å²) in [5, 5.41) is 11.7. The van der Waals surface area contributed by atoms with Gasteiger partial charge in [0.05, 0.1) is 32.0 Å². The lowest BCUT2D eigenvalue weighted by atomic mass is 9.93. The molecule has 2 aliphatic heterocycles. The number of ether oxygens (including phenoxy) is 3. The number of hydroxylamine groups is 2. The van der Waals surface area contributed by atoms with Crippen LogP contribution < -0.4 is 15.4 Å². The lowest BCUT2D eigenvalue weighted by Crippen LogP contribution is -2.55. The average Bonchev–Trinajstić information content (AvgIpc) is 3.83. The van der Waals surface area contributed by atoms with Crippen LogP contribution in [-0.2, 0) is 33.5 Å². The van der Waals surface area contributed by atoms with Crippen LogP contribution in [0.5, 0.6) is 5.88 Å². The Hall–Kier alpha value is -5.19. The van der Waals surface area contributed by atoms with Gasteiger partial charge in [0, 0.05) is 38.2 Å². The normalized spacial score (nSPS) is 17.9. The van der Waals surface area contributed by atoms with Gasteiger partial charge < -0.3 is 39.5 Å². The second-order valence-electron chi connectivity index (χ2n) is 13.5. The summed E-state index contributed by atoms with van der Waals surface area (Å²) in [5.74, 6) is -2.05. The van der Waals surface area contributed by atoms with Crippen molar-refractivity contribution in [2.45, 2.75) is 89.8 Å². The number of nitrogens with zero attached hydrogens (tertiary/aromatic N) is 5. The van der Waals surface area contributed by atoms with Crippen LogP contribution in [-0.4, -0.2) is 131 Å². The fraction of sp³-hybridized carbons (Fsp3) is 0.595. The number of hydrogen-bond acceptors (Lipinski definition) is 12. The highest BCUT2D eigenvalue weighted by atomic mass is 16.8. The summed E-state index contributed by atoms with van der Waals surface area (Å²) in [6, 6.07) is 8.76. The van der Waals surface area contributed by atoms with Gasteiger partial charge in [-0.05, 0) is 64.0 Å². The monoisotopic (exact) mass is 753 g/mol. The summed E-state index contributed by atoms with van der Waals surface area (Å²) in [5.41, 5.74) is 0.469. The highest BCUT2D eigenvalue weighted by Gasteiger charge is 2.36. The van der Waals surface area contributed by atoms with Gasteiger partial charge in [-0.1, -0.05) is 31.5 Å². The number of aromatic nitrogens is 2. The van der Waals surface area contributed by atoms with E-state index in [-0.39, 0.29) is 88.3 Å². The zero-order chi connectivity index (χ0) is 38.5. The standard InChI is InChI=1S/C37H51N7O10/c1-3-5-23-52-37(50)54-42-21-19-41(20-22-42)36(49)28(16-17-33(46)51-4-2)39-34(47)29-24-32(44(40-29)27-13-7-6-8-14-27)53-25-31(45)43-18-10-15-30(43)35(48)38-26-11-9-12-26/h6-8,13-14,24,26,28,30H,3-5,9-12,15-23,25H2,1-2H3,(H,38,48)(H,39,47)/t28-,30-/m0/s1. The number of rotatable bonds is 17. The number of amides is 4. The Bertz CT molecular complexity index is 1610. The number of para-hydroxylation sites is 1. The van der Waals surface area contributed by atoms with E-state index >= 15 is 0 Å². The summed E-state index contributed by atoms with van der Waals surface area (Å²) in [6.45, 7) is 4.95. The topological polar surface area (TPSA) is 191 Å². The first-order valence-corrected chi connectivity index (χ1v) is 18.9. The number of likely N-dealkylation sites (tertiary alicyclic amines) is 1. The Balaban J connectivity index is 1.25. The number of unbranched alkanes of at least 4 members (excludes halogenated alkanes) is 1. The molecule has 3 aliphatic rings. The van der Waals surface area contributed by atoms with Crippen LogP contribution in [0.3, 0.4) is 0 Å². The van der Waals surface area contributed by atoms with Crippen LogP contribution in [0.15, 0.2) is 36.4 Å². The van der Waals surface area contributed by atoms with Gasteiger partial charge >= 0.3 is 12.1 Å². The molecule has 4 amide bonds. The summed E-state index contributed by atoms with van der Waals surface area (Å²) in [7, 11) is 0. The highest BCUT2D eigenvalue weighted by Crippen LogP contribution is 2.24. The van der Waals surface area contributed by atoms with Crippen LogP contribution in [0.4, 0.5) is 4.79 Å². The molecule has 1 aromatic heterocycles. The van der Waals surface area contributed by atoms with Crippen molar-refractivity contribution in [1.82, 2.24) is 35.3 Å². The van der Waals surface area contributed by atoms with Crippen molar-refractivity contribution in [2.24, 2.45) is 0 Å². The van der Waals surface area contributed by atoms with E-state index in [4.69, 9.17) is 19.0 Å². The first-order valence-electron chi connectivity index (χ1n) is 18.9. The van der Waals surface area contributed by atoms with Crippen LogP contribution in [0.25, 0.3) is 5.69 Å². The Morgan fingerprint density at radius 1 is 0.926 bits per heavy atom. The number of hydrogen-bond donors (Lipinski definition) is 2. The third-order valence-electron chi connectivity index (χ3n) is 9.60. The van der Waals surface area contributed by atoms with Gasteiger partial charge in [-0.15, -0.1) is 5.06 Å². The number of piperazine rings is 1. The molecule has 294 valence electrons. The van der Waals surface area contributed by atoms with Gasteiger partial charge in [-0.3, -0.25) is 24.0 Å². The molecule has 0 radical (unpaired) electrons. The van der Waals surface area contributed by atoms with Gasteiger partial charge in [-0.2, -0.15) is 5.10 Å². The maximum atomic E-state index is 13.8. The second-order valence-corrected chi connectivity index (χ2v) is 13.5. The van der Waals surface area contributed by atoms with Crippen LogP contribution >= 0.6 is 0 Å². The molecule has 0 unspecified atom stereocenters. The number of benzene rings is 1. The van der Waals surface area contributed by atoms with Crippen molar-refractivity contribution in [3.05, 3.63) is 42.1 Å². The third kappa shape index (κ3) is 10.9. The second kappa shape index (κ2) is 19.8. The molecule has 17 nitrogen and oxygen atoms in total. The molecule has 0 spiro atoms. The van der Waals surface area contributed by atoms with Crippen molar-refractivity contribution in [1.29, 1.82) is 0 Å². The lowest BCUT2D eigenvalue weighted by molar-refractivity contribution is -0.158. The molecule has 2 aromatic rings. The average molecular weight is 754 g/mol. The third-order valence-corrected chi connectivity index (χ3v) is 9.60. The highest BCUT2D eigenvalue weighted by molar-refractivity contribution is 5.96. The SMILES string of the molecule is CCCCOC(=O)ON1CCN(C(=O)[C@H](CCC(=O)OCC)NC(=O)c2cc(OCC(=O)N3CCC[C@H]3C(=O)NC3CCC3)n(-c3ccccc3)n2)CC1. The van der Waals surface area contributed by atoms with Crippen molar-refractivity contribution in [3.8, 4) is 11.6 Å². The number of carbonyl (C=O) groups excluding carboxylic acids is 6. The molecule has 2 N–H and O–H groups in total. The largest absolute Gasteiger partial charge is 0.527 e. The van der Waals surface area contributed by atoms with E-state index in [1.54, 1.807) is 31.2 Å². The summed E-state index contributed by atoms with van der Waals surface area (Å²) >= 11 is 0. The van der Waals surface area contributed by atoms with E-state index in [1.165, 1.54) is 25.6 Å². The van der Waals surface area contributed by atoms with Crippen molar-refractivity contribution in [3.63, 3.8) is 0 Å².